The van der Waals surface area contributed by atoms with Crippen LogP contribution in [0.3, 0.4) is 0 Å². The zero-order chi connectivity index (χ0) is 21.0. The molecule has 29 heavy (non-hydrogen) atoms. The van der Waals surface area contributed by atoms with Crippen molar-refractivity contribution in [2.45, 2.75) is 43.4 Å². The number of rotatable bonds is 7. The van der Waals surface area contributed by atoms with Crippen molar-refractivity contribution >= 4 is 9.84 Å². The molecule has 0 saturated carbocycles. The van der Waals surface area contributed by atoms with E-state index >= 15 is 0 Å². The van der Waals surface area contributed by atoms with E-state index in [1.165, 1.54) is 37.7 Å². The van der Waals surface area contributed by atoms with Gasteiger partial charge in [-0.15, -0.1) is 0 Å². The highest BCUT2D eigenvalue weighted by Gasteiger charge is 2.21. The van der Waals surface area contributed by atoms with Crippen LogP contribution in [0.5, 0.6) is 0 Å². The molecule has 0 radical (unpaired) electrons. The van der Waals surface area contributed by atoms with Gasteiger partial charge in [0.1, 0.15) is 11.6 Å². The van der Waals surface area contributed by atoms with Crippen molar-refractivity contribution in [1.82, 2.24) is 4.90 Å². The Hall–Kier alpha value is -1.79. The van der Waals surface area contributed by atoms with E-state index in [9.17, 15) is 17.2 Å². The molecular formula is C23H29F2NO2S. The average molecular weight is 422 g/mol. The van der Waals surface area contributed by atoms with Gasteiger partial charge in [-0.2, -0.15) is 0 Å². The standard InChI is InChI=1S/C23H29F2NO2S/c1-3-17-8-11-26(12-9-17)13-10-23(19-14-20(24)16-21(25)15-19)18-4-6-22(7-5-18)29(2,27)28/h4-7,14-17,23H,3,8-13H2,1-2H3/t23-/m1/s1. The Morgan fingerprint density at radius 3 is 2.10 bits per heavy atom. The molecule has 3 rings (SSSR count). The maximum absolute atomic E-state index is 13.9. The molecule has 1 heterocycles. The van der Waals surface area contributed by atoms with E-state index in [1.54, 1.807) is 24.3 Å². The van der Waals surface area contributed by atoms with E-state index in [-0.39, 0.29) is 10.8 Å². The summed E-state index contributed by atoms with van der Waals surface area (Å²) in [4.78, 5) is 2.66. The number of hydrogen-bond acceptors (Lipinski definition) is 3. The number of halogens is 2. The summed E-state index contributed by atoms with van der Waals surface area (Å²) >= 11 is 0. The van der Waals surface area contributed by atoms with Crippen molar-refractivity contribution in [2.24, 2.45) is 5.92 Å². The third-order valence-electron chi connectivity index (χ3n) is 6.02. The van der Waals surface area contributed by atoms with Crippen LogP contribution in [0.15, 0.2) is 47.4 Å². The second kappa shape index (κ2) is 9.35. The molecule has 6 heteroatoms. The maximum Gasteiger partial charge on any atom is 0.175 e. The fourth-order valence-corrected chi connectivity index (χ4v) is 4.81. The van der Waals surface area contributed by atoms with Gasteiger partial charge >= 0.3 is 0 Å². The van der Waals surface area contributed by atoms with Gasteiger partial charge in [0.15, 0.2) is 9.84 Å². The minimum Gasteiger partial charge on any atom is -0.303 e. The fourth-order valence-electron chi connectivity index (χ4n) is 4.18. The van der Waals surface area contributed by atoms with Crippen molar-refractivity contribution in [3.05, 3.63) is 65.2 Å². The van der Waals surface area contributed by atoms with Gasteiger partial charge in [0.2, 0.25) is 0 Å². The number of benzene rings is 2. The zero-order valence-electron chi connectivity index (χ0n) is 17.1. The van der Waals surface area contributed by atoms with Gasteiger partial charge in [-0.25, -0.2) is 17.2 Å². The molecule has 158 valence electrons. The molecule has 1 fully saturated rings. The number of sulfone groups is 1. The van der Waals surface area contributed by atoms with Crippen LogP contribution < -0.4 is 0 Å². The molecule has 1 aliphatic heterocycles. The van der Waals surface area contributed by atoms with Crippen LogP contribution in [0.1, 0.15) is 49.7 Å². The second-order valence-corrected chi connectivity index (χ2v) is 10.1. The molecule has 2 aromatic carbocycles. The fraction of sp³-hybridized carbons (Fsp3) is 0.478. The monoisotopic (exact) mass is 421 g/mol. The first-order valence-electron chi connectivity index (χ1n) is 10.2. The third kappa shape index (κ3) is 5.86. The normalized spacial score (nSPS) is 17.4. The van der Waals surface area contributed by atoms with E-state index in [4.69, 9.17) is 0 Å². The summed E-state index contributed by atoms with van der Waals surface area (Å²) < 4.78 is 51.2. The molecule has 3 nitrogen and oxygen atoms in total. The largest absolute Gasteiger partial charge is 0.303 e. The molecule has 1 aliphatic rings. The quantitative estimate of drug-likeness (QED) is 0.631. The van der Waals surface area contributed by atoms with Gasteiger partial charge in [-0.1, -0.05) is 25.5 Å². The summed E-state index contributed by atoms with van der Waals surface area (Å²) in [5, 5.41) is 0. The Kier molecular flexibility index (Phi) is 7.06. The lowest BCUT2D eigenvalue weighted by molar-refractivity contribution is 0.178. The summed E-state index contributed by atoms with van der Waals surface area (Å²) in [5.41, 5.74) is 1.45. The molecular weight excluding hydrogens is 392 g/mol. The van der Waals surface area contributed by atoms with E-state index < -0.39 is 21.5 Å². The summed E-state index contributed by atoms with van der Waals surface area (Å²) in [6, 6.07) is 10.3. The van der Waals surface area contributed by atoms with Gasteiger partial charge in [-0.3, -0.25) is 0 Å². The zero-order valence-corrected chi connectivity index (χ0v) is 17.9. The number of likely N-dealkylation sites (tertiary alicyclic amines) is 1. The first-order valence-corrected chi connectivity index (χ1v) is 12.1. The molecule has 0 N–H and O–H groups in total. The maximum atomic E-state index is 13.9. The van der Waals surface area contributed by atoms with Crippen LogP contribution in [0.4, 0.5) is 8.78 Å². The van der Waals surface area contributed by atoms with E-state index in [2.05, 4.69) is 11.8 Å². The molecule has 0 amide bonds. The van der Waals surface area contributed by atoms with Crippen LogP contribution in [0, 0.1) is 17.6 Å². The highest BCUT2D eigenvalue weighted by Crippen LogP contribution is 2.31. The lowest BCUT2D eigenvalue weighted by Crippen LogP contribution is -2.34. The topological polar surface area (TPSA) is 37.4 Å². The van der Waals surface area contributed by atoms with Crippen molar-refractivity contribution in [3.63, 3.8) is 0 Å². The Morgan fingerprint density at radius 1 is 1.00 bits per heavy atom. The molecule has 0 aliphatic carbocycles. The number of nitrogens with zero attached hydrogens (tertiary/aromatic N) is 1. The number of piperidine rings is 1. The first-order chi connectivity index (χ1) is 13.8. The molecule has 0 aromatic heterocycles. The van der Waals surface area contributed by atoms with Crippen LogP contribution >= 0.6 is 0 Å². The van der Waals surface area contributed by atoms with Gasteiger partial charge < -0.3 is 4.90 Å². The minimum absolute atomic E-state index is 0.197. The molecule has 1 atom stereocenters. The van der Waals surface area contributed by atoms with Crippen molar-refractivity contribution in [2.75, 3.05) is 25.9 Å². The summed E-state index contributed by atoms with van der Waals surface area (Å²) in [6.45, 7) is 5.17. The number of hydrogen-bond donors (Lipinski definition) is 0. The van der Waals surface area contributed by atoms with E-state index in [1.807, 2.05) is 0 Å². The van der Waals surface area contributed by atoms with Gasteiger partial charge in [0.05, 0.1) is 4.90 Å². The minimum atomic E-state index is -3.29. The smallest absolute Gasteiger partial charge is 0.175 e. The van der Waals surface area contributed by atoms with Gasteiger partial charge in [-0.05, 0) is 80.2 Å². The Labute approximate surface area is 172 Å². The lowest BCUT2D eigenvalue weighted by Gasteiger charge is -2.32. The molecule has 0 bridgehead atoms. The molecule has 0 spiro atoms. The highest BCUT2D eigenvalue weighted by atomic mass is 32.2. The van der Waals surface area contributed by atoms with Gasteiger partial charge in [0, 0.05) is 18.2 Å². The summed E-state index contributed by atoms with van der Waals surface area (Å²) in [7, 11) is -3.29. The summed E-state index contributed by atoms with van der Waals surface area (Å²) in [5.74, 6) is -0.594. The lowest BCUT2D eigenvalue weighted by atomic mass is 9.87. The Bertz CT molecular complexity index is 900. The van der Waals surface area contributed by atoms with Crippen molar-refractivity contribution in [1.29, 1.82) is 0 Å². The van der Waals surface area contributed by atoms with Crippen LogP contribution in [0.25, 0.3) is 0 Å². The molecule has 2 aromatic rings. The van der Waals surface area contributed by atoms with Gasteiger partial charge in [0.25, 0.3) is 0 Å². The SMILES string of the molecule is CCC1CCN(CC[C@H](c2ccc(S(C)(=O)=O)cc2)c2cc(F)cc(F)c2)CC1. The predicted molar refractivity (Wildman–Crippen MR) is 112 cm³/mol. The highest BCUT2D eigenvalue weighted by molar-refractivity contribution is 7.90. The van der Waals surface area contributed by atoms with E-state index in [0.29, 0.717) is 5.56 Å². The Balaban J connectivity index is 1.82. The van der Waals surface area contributed by atoms with Crippen molar-refractivity contribution < 1.29 is 17.2 Å². The predicted octanol–water partition coefficient (Wildman–Crippen LogP) is 5.01. The third-order valence-corrected chi connectivity index (χ3v) is 7.14. The first kappa shape index (κ1) is 21.9. The summed E-state index contributed by atoms with van der Waals surface area (Å²) in [6.07, 6.45) is 5.49. The van der Waals surface area contributed by atoms with Crippen LogP contribution in [-0.2, 0) is 9.84 Å². The van der Waals surface area contributed by atoms with Crippen LogP contribution in [0.2, 0.25) is 0 Å². The second-order valence-electron chi connectivity index (χ2n) is 8.08. The average Bonchev–Trinajstić information content (AvgIpc) is 2.67. The van der Waals surface area contributed by atoms with Crippen LogP contribution in [-0.4, -0.2) is 39.2 Å². The molecule has 0 unspecified atom stereocenters. The van der Waals surface area contributed by atoms with E-state index in [0.717, 1.165) is 43.6 Å². The Morgan fingerprint density at radius 2 is 1.59 bits per heavy atom. The molecule has 1 saturated heterocycles. The van der Waals surface area contributed by atoms with Crippen molar-refractivity contribution in [3.8, 4) is 0 Å².